The summed E-state index contributed by atoms with van der Waals surface area (Å²) in [6, 6.07) is 14.9. The highest BCUT2D eigenvalue weighted by molar-refractivity contribution is 8.00. The number of halogens is 2. The van der Waals surface area contributed by atoms with Crippen molar-refractivity contribution >= 4 is 46.6 Å². The summed E-state index contributed by atoms with van der Waals surface area (Å²) in [4.78, 5) is 17.0. The van der Waals surface area contributed by atoms with Gasteiger partial charge in [0.1, 0.15) is 0 Å². The second kappa shape index (κ2) is 9.95. The molecule has 0 fully saturated rings. The van der Waals surface area contributed by atoms with Gasteiger partial charge in [-0.25, -0.2) is 0 Å². The molecule has 33 heavy (non-hydrogen) atoms. The third-order valence-electron chi connectivity index (χ3n) is 5.16. The number of aromatic nitrogens is 4. The van der Waals surface area contributed by atoms with Crippen LogP contribution in [0.15, 0.2) is 66.1 Å². The van der Waals surface area contributed by atoms with Crippen molar-refractivity contribution in [3.8, 4) is 17.1 Å². The Hall–Kier alpha value is -2.87. The van der Waals surface area contributed by atoms with E-state index < -0.39 is 5.25 Å². The average Bonchev–Trinajstić information content (AvgIpc) is 3.21. The highest BCUT2D eigenvalue weighted by Gasteiger charge is 2.22. The number of thioether (sulfide) groups is 1. The maximum absolute atomic E-state index is 12.9. The molecule has 0 saturated heterocycles. The van der Waals surface area contributed by atoms with Crippen LogP contribution in [0.5, 0.6) is 0 Å². The Morgan fingerprint density at radius 3 is 2.45 bits per heavy atom. The fraction of sp³-hybridized carbons (Fsp3) is 0.167. The van der Waals surface area contributed by atoms with Gasteiger partial charge in [0.2, 0.25) is 5.91 Å². The Balaban J connectivity index is 1.66. The van der Waals surface area contributed by atoms with Gasteiger partial charge >= 0.3 is 0 Å². The minimum atomic E-state index is -0.462. The first-order valence-corrected chi connectivity index (χ1v) is 11.8. The van der Waals surface area contributed by atoms with Gasteiger partial charge in [-0.2, -0.15) is 0 Å². The standard InChI is InChI=1S/C24H21Cl2N5OS/c1-14-4-6-19(12-15(14)2)31-22(17-8-10-27-11-9-17)29-30-24(31)33-16(3)23(32)28-21-7-5-18(25)13-20(21)26/h4-13,16H,1-3H3,(H,28,32). The van der Waals surface area contributed by atoms with E-state index in [-0.39, 0.29) is 5.91 Å². The van der Waals surface area contributed by atoms with Crippen LogP contribution < -0.4 is 5.32 Å². The second-order valence-corrected chi connectivity index (χ2v) is 9.67. The molecule has 0 aliphatic carbocycles. The van der Waals surface area contributed by atoms with Gasteiger partial charge in [-0.3, -0.25) is 14.3 Å². The minimum Gasteiger partial charge on any atom is -0.324 e. The summed E-state index contributed by atoms with van der Waals surface area (Å²) in [5, 5.41) is 12.7. The first kappa shape index (κ1) is 23.3. The Morgan fingerprint density at radius 2 is 1.76 bits per heavy atom. The molecule has 4 aromatic rings. The van der Waals surface area contributed by atoms with E-state index in [1.54, 1.807) is 30.6 Å². The fourth-order valence-electron chi connectivity index (χ4n) is 3.17. The number of aryl methyl sites for hydroxylation is 2. The lowest BCUT2D eigenvalue weighted by atomic mass is 10.1. The molecule has 9 heteroatoms. The Morgan fingerprint density at radius 1 is 1.00 bits per heavy atom. The maximum Gasteiger partial charge on any atom is 0.237 e. The van der Waals surface area contributed by atoms with Crippen LogP contribution in [-0.2, 0) is 4.79 Å². The van der Waals surface area contributed by atoms with Crippen molar-refractivity contribution < 1.29 is 4.79 Å². The van der Waals surface area contributed by atoms with Gasteiger partial charge < -0.3 is 5.32 Å². The number of carbonyl (C=O) groups excluding carboxylic acids is 1. The monoisotopic (exact) mass is 497 g/mol. The molecule has 0 bridgehead atoms. The summed E-state index contributed by atoms with van der Waals surface area (Å²) < 4.78 is 1.96. The van der Waals surface area contributed by atoms with E-state index in [0.29, 0.717) is 26.7 Å². The van der Waals surface area contributed by atoms with E-state index in [1.165, 1.54) is 17.3 Å². The molecule has 0 aliphatic heterocycles. The summed E-state index contributed by atoms with van der Waals surface area (Å²) in [6.07, 6.45) is 3.43. The Labute approximate surface area is 206 Å². The number of rotatable bonds is 6. The summed E-state index contributed by atoms with van der Waals surface area (Å²) >= 11 is 13.5. The predicted octanol–water partition coefficient (Wildman–Crippen LogP) is 6.37. The molecule has 168 valence electrons. The van der Waals surface area contributed by atoms with Crippen LogP contribution in [0.25, 0.3) is 17.1 Å². The second-order valence-electron chi connectivity index (χ2n) is 7.52. The van der Waals surface area contributed by atoms with E-state index in [4.69, 9.17) is 23.2 Å². The van der Waals surface area contributed by atoms with Crippen LogP contribution >= 0.6 is 35.0 Å². The quantitative estimate of drug-likeness (QED) is 0.313. The van der Waals surface area contributed by atoms with Gasteiger partial charge in [-0.15, -0.1) is 10.2 Å². The molecule has 0 radical (unpaired) electrons. The van der Waals surface area contributed by atoms with Crippen LogP contribution in [0.1, 0.15) is 18.1 Å². The lowest BCUT2D eigenvalue weighted by Gasteiger charge is -2.15. The minimum absolute atomic E-state index is 0.204. The Kier molecular flexibility index (Phi) is 7.02. The molecule has 2 aromatic heterocycles. The van der Waals surface area contributed by atoms with Crippen LogP contribution in [0.2, 0.25) is 10.0 Å². The van der Waals surface area contributed by atoms with Gasteiger partial charge in [0.05, 0.1) is 21.6 Å². The molecule has 1 atom stereocenters. The van der Waals surface area contributed by atoms with Gasteiger partial charge in [-0.1, -0.05) is 41.0 Å². The number of amides is 1. The molecule has 1 amide bonds. The molecule has 2 heterocycles. The van der Waals surface area contributed by atoms with Crippen molar-refractivity contribution in [2.75, 3.05) is 5.32 Å². The zero-order chi connectivity index (χ0) is 23.5. The largest absolute Gasteiger partial charge is 0.324 e. The molecule has 0 aliphatic rings. The maximum atomic E-state index is 12.9. The zero-order valence-corrected chi connectivity index (χ0v) is 20.5. The highest BCUT2D eigenvalue weighted by atomic mass is 35.5. The third kappa shape index (κ3) is 5.21. The van der Waals surface area contributed by atoms with Crippen molar-refractivity contribution in [2.45, 2.75) is 31.2 Å². The van der Waals surface area contributed by atoms with Crippen molar-refractivity contribution in [3.05, 3.63) is 82.1 Å². The van der Waals surface area contributed by atoms with Crippen molar-refractivity contribution in [3.63, 3.8) is 0 Å². The predicted molar refractivity (Wildman–Crippen MR) is 134 cm³/mol. The van der Waals surface area contributed by atoms with Crippen LogP contribution in [-0.4, -0.2) is 30.9 Å². The number of nitrogens with zero attached hydrogens (tertiary/aromatic N) is 4. The summed E-state index contributed by atoms with van der Waals surface area (Å²) in [5.74, 6) is 0.473. The third-order valence-corrected chi connectivity index (χ3v) is 6.75. The van der Waals surface area contributed by atoms with E-state index in [9.17, 15) is 4.79 Å². The molecule has 2 aromatic carbocycles. The first-order valence-electron chi connectivity index (χ1n) is 10.2. The molecule has 4 rings (SSSR count). The number of carbonyl (C=O) groups is 1. The van der Waals surface area contributed by atoms with Crippen molar-refractivity contribution in [1.29, 1.82) is 0 Å². The lowest BCUT2D eigenvalue weighted by Crippen LogP contribution is -2.23. The van der Waals surface area contributed by atoms with E-state index >= 15 is 0 Å². The first-order chi connectivity index (χ1) is 15.8. The van der Waals surface area contributed by atoms with E-state index in [2.05, 4.69) is 46.5 Å². The number of benzene rings is 2. The molecular weight excluding hydrogens is 477 g/mol. The normalized spacial score (nSPS) is 11.9. The SMILES string of the molecule is Cc1ccc(-n2c(SC(C)C(=O)Nc3ccc(Cl)cc3Cl)nnc2-c2ccncc2)cc1C. The van der Waals surface area contributed by atoms with Gasteiger partial charge in [0, 0.05) is 23.0 Å². The summed E-state index contributed by atoms with van der Waals surface area (Å²) in [6.45, 7) is 5.95. The fourth-order valence-corrected chi connectivity index (χ4v) is 4.49. The van der Waals surface area contributed by atoms with Gasteiger partial charge in [-0.05, 0) is 74.4 Å². The van der Waals surface area contributed by atoms with Crippen LogP contribution in [0.4, 0.5) is 5.69 Å². The molecule has 1 unspecified atom stereocenters. The summed E-state index contributed by atoms with van der Waals surface area (Å²) in [7, 11) is 0. The zero-order valence-electron chi connectivity index (χ0n) is 18.2. The number of nitrogens with one attached hydrogen (secondary N) is 1. The molecule has 1 N–H and O–H groups in total. The Bertz CT molecular complexity index is 1310. The van der Waals surface area contributed by atoms with Crippen LogP contribution in [0.3, 0.4) is 0 Å². The molecular formula is C24H21Cl2N5OS. The molecule has 0 spiro atoms. The average molecular weight is 498 g/mol. The lowest BCUT2D eigenvalue weighted by molar-refractivity contribution is -0.115. The van der Waals surface area contributed by atoms with Crippen molar-refractivity contribution in [1.82, 2.24) is 19.7 Å². The highest BCUT2D eigenvalue weighted by Crippen LogP contribution is 2.32. The van der Waals surface area contributed by atoms with Crippen LogP contribution in [0, 0.1) is 13.8 Å². The van der Waals surface area contributed by atoms with Gasteiger partial charge in [0.25, 0.3) is 0 Å². The van der Waals surface area contributed by atoms with E-state index in [1.807, 2.05) is 29.7 Å². The smallest absolute Gasteiger partial charge is 0.237 e. The van der Waals surface area contributed by atoms with E-state index in [0.717, 1.165) is 16.8 Å². The summed E-state index contributed by atoms with van der Waals surface area (Å²) in [5.41, 5.74) is 4.66. The molecule has 0 saturated carbocycles. The molecule has 6 nitrogen and oxygen atoms in total. The number of hydrogen-bond donors (Lipinski definition) is 1. The van der Waals surface area contributed by atoms with Gasteiger partial charge in [0.15, 0.2) is 11.0 Å². The number of anilines is 1. The van der Waals surface area contributed by atoms with Crippen molar-refractivity contribution in [2.24, 2.45) is 0 Å². The number of pyridine rings is 1. The number of hydrogen-bond acceptors (Lipinski definition) is 5. The topological polar surface area (TPSA) is 72.7 Å².